The molecule has 3 nitrogen and oxygen atoms in total. The molecule has 0 saturated carbocycles. The summed E-state index contributed by atoms with van der Waals surface area (Å²) in [4.78, 5) is 0. The summed E-state index contributed by atoms with van der Waals surface area (Å²) in [5.41, 5.74) is 0. The molecule has 1 saturated heterocycles. The van der Waals surface area contributed by atoms with Gasteiger partial charge in [0.2, 0.25) is 0 Å². The van der Waals surface area contributed by atoms with Gasteiger partial charge in [-0.1, -0.05) is 0 Å². The van der Waals surface area contributed by atoms with Gasteiger partial charge >= 0.3 is 0 Å². The first-order chi connectivity index (χ1) is 4.43. The minimum atomic E-state index is -0.00694. The maximum absolute atomic E-state index is 10.3. The molecule has 3 heteroatoms. The summed E-state index contributed by atoms with van der Waals surface area (Å²) >= 11 is 0. The van der Waals surface area contributed by atoms with Crippen LogP contribution < -0.4 is 10.6 Å². The van der Waals surface area contributed by atoms with Crippen molar-refractivity contribution in [3.05, 3.63) is 0 Å². The van der Waals surface area contributed by atoms with Crippen molar-refractivity contribution in [2.75, 3.05) is 26.2 Å². The van der Waals surface area contributed by atoms with Gasteiger partial charge in [-0.05, 0) is 19.5 Å². The van der Waals surface area contributed by atoms with Crippen LogP contribution in [0, 0.1) is 0 Å². The van der Waals surface area contributed by atoms with Gasteiger partial charge in [0.15, 0.2) is 0 Å². The zero-order chi connectivity index (χ0) is 6.53. The normalized spacial score (nSPS) is 29.7. The average Bonchev–Trinajstić information content (AvgIpc) is 2.13. The van der Waals surface area contributed by atoms with E-state index in [1.807, 2.05) is 0 Å². The molecule has 0 aromatic carbocycles. The van der Waals surface area contributed by atoms with Crippen molar-refractivity contribution in [3.8, 4) is 0 Å². The highest BCUT2D eigenvalue weighted by Crippen LogP contribution is 1.86. The number of hydrogen-bond acceptors (Lipinski definition) is 2. The van der Waals surface area contributed by atoms with E-state index in [2.05, 4.69) is 10.6 Å². The zero-order valence-electron chi connectivity index (χ0n) is 5.52. The Bertz CT molecular complexity index is 69.5. The monoisotopic (exact) mass is 129 g/mol. The van der Waals surface area contributed by atoms with Gasteiger partial charge in [0, 0.05) is 12.6 Å². The van der Waals surface area contributed by atoms with Gasteiger partial charge < -0.3 is 10.6 Å². The van der Waals surface area contributed by atoms with E-state index >= 15 is 0 Å². The fraction of sp³-hybridized carbons (Fsp3) is 1.00. The van der Waals surface area contributed by atoms with Crippen molar-refractivity contribution in [3.63, 3.8) is 0 Å². The summed E-state index contributed by atoms with van der Waals surface area (Å²) in [5, 5.41) is 16.7. The Morgan fingerprint density at radius 2 is 2.33 bits per heavy atom. The van der Waals surface area contributed by atoms with E-state index < -0.39 is 0 Å². The first kappa shape index (κ1) is 6.99. The number of rotatable bonds is 1. The van der Waals surface area contributed by atoms with Crippen LogP contribution in [0.25, 0.3) is 0 Å². The highest BCUT2D eigenvalue weighted by atomic mass is 16.3. The molecule has 0 amide bonds. The molecule has 53 valence electrons. The van der Waals surface area contributed by atoms with Crippen LogP contribution in [0.2, 0.25) is 0 Å². The predicted octanol–water partition coefficient (Wildman–Crippen LogP) is -0.632. The van der Waals surface area contributed by atoms with Gasteiger partial charge in [0.25, 0.3) is 0 Å². The first-order valence-electron chi connectivity index (χ1n) is 3.45. The molecule has 1 fully saturated rings. The second-order valence-electron chi connectivity index (χ2n) is 2.38. The summed E-state index contributed by atoms with van der Waals surface area (Å²) in [5.74, 6) is 0. The van der Waals surface area contributed by atoms with E-state index in [1.165, 1.54) is 0 Å². The summed E-state index contributed by atoms with van der Waals surface area (Å²) in [6.07, 6.45) is 1.14. The molecule has 0 aromatic heterocycles. The van der Waals surface area contributed by atoms with Crippen LogP contribution in [0.15, 0.2) is 0 Å². The van der Waals surface area contributed by atoms with Gasteiger partial charge in [-0.3, -0.25) is 0 Å². The minimum absolute atomic E-state index is 0.00694. The van der Waals surface area contributed by atoms with Crippen LogP contribution in [0.4, 0.5) is 0 Å². The van der Waals surface area contributed by atoms with E-state index in [0.717, 1.165) is 26.1 Å². The van der Waals surface area contributed by atoms with Crippen molar-refractivity contribution in [2.45, 2.75) is 12.5 Å². The molecule has 0 aliphatic carbocycles. The van der Waals surface area contributed by atoms with Crippen LogP contribution in [0.5, 0.6) is 0 Å². The molecule has 2 N–H and O–H groups in total. The summed E-state index contributed by atoms with van der Waals surface area (Å²) < 4.78 is 0. The Balaban J connectivity index is 2.18. The van der Waals surface area contributed by atoms with Gasteiger partial charge in [-0.2, -0.15) is 0 Å². The largest absolute Gasteiger partial charge is 0.315 e. The van der Waals surface area contributed by atoms with Gasteiger partial charge in [0.1, 0.15) is 0 Å². The summed E-state index contributed by atoms with van der Waals surface area (Å²) in [6, 6.07) is 0.160. The SMILES string of the molecule is [O]CC1CNCCCN1. The fourth-order valence-corrected chi connectivity index (χ4v) is 0.986. The van der Waals surface area contributed by atoms with Crippen LogP contribution in [-0.4, -0.2) is 32.3 Å². The Morgan fingerprint density at radius 3 is 3.11 bits per heavy atom. The van der Waals surface area contributed by atoms with Gasteiger partial charge in [-0.25, -0.2) is 5.11 Å². The van der Waals surface area contributed by atoms with E-state index in [0.29, 0.717) is 0 Å². The molecule has 1 heterocycles. The maximum atomic E-state index is 10.3. The third-order valence-electron chi connectivity index (χ3n) is 1.56. The molecule has 0 aromatic rings. The van der Waals surface area contributed by atoms with Gasteiger partial charge in [-0.15, -0.1) is 0 Å². The van der Waals surface area contributed by atoms with E-state index in [-0.39, 0.29) is 12.6 Å². The Morgan fingerprint density at radius 1 is 1.44 bits per heavy atom. The summed E-state index contributed by atoms with van der Waals surface area (Å²) in [6.45, 7) is 2.86. The van der Waals surface area contributed by atoms with E-state index in [4.69, 9.17) is 0 Å². The molecule has 9 heavy (non-hydrogen) atoms. The summed E-state index contributed by atoms with van der Waals surface area (Å²) in [7, 11) is 0. The number of nitrogens with one attached hydrogen (secondary N) is 2. The molecule has 0 bridgehead atoms. The molecule has 1 radical (unpaired) electrons. The average molecular weight is 129 g/mol. The molecule has 1 aliphatic heterocycles. The molecule has 1 aliphatic rings. The van der Waals surface area contributed by atoms with Crippen LogP contribution in [-0.2, 0) is 5.11 Å². The second kappa shape index (κ2) is 3.82. The molecular weight excluding hydrogens is 116 g/mol. The minimum Gasteiger partial charge on any atom is -0.315 e. The topological polar surface area (TPSA) is 44.0 Å². The second-order valence-corrected chi connectivity index (χ2v) is 2.38. The molecule has 1 unspecified atom stereocenters. The number of hydrogen-bond donors (Lipinski definition) is 2. The standard InChI is InChI=1S/C6H13N2O/c9-5-6-4-7-2-1-3-8-6/h6-8H,1-5H2. The van der Waals surface area contributed by atoms with Crippen molar-refractivity contribution in [1.82, 2.24) is 10.6 Å². The molecular formula is C6H13N2O. The Labute approximate surface area is 55.5 Å². The lowest BCUT2D eigenvalue weighted by molar-refractivity contribution is 0.160. The van der Waals surface area contributed by atoms with Crippen molar-refractivity contribution < 1.29 is 5.11 Å². The lowest BCUT2D eigenvalue weighted by Gasteiger charge is -2.09. The lowest BCUT2D eigenvalue weighted by Crippen LogP contribution is -2.37. The van der Waals surface area contributed by atoms with Crippen LogP contribution in [0.3, 0.4) is 0 Å². The molecule has 0 spiro atoms. The van der Waals surface area contributed by atoms with Crippen LogP contribution >= 0.6 is 0 Å². The Kier molecular flexibility index (Phi) is 2.97. The van der Waals surface area contributed by atoms with E-state index in [9.17, 15) is 5.11 Å². The van der Waals surface area contributed by atoms with Crippen molar-refractivity contribution in [2.24, 2.45) is 0 Å². The van der Waals surface area contributed by atoms with Crippen molar-refractivity contribution >= 4 is 0 Å². The maximum Gasteiger partial charge on any atom is 0.0987 e. The Hall–Kier alpha value is -0.120. The highest BCUT2D eigenvalue weighted by Gasteiger charge is 2.08. The quantitative estimate of drug-likeness (QED) is 0.495. The smallest absolute Gasteiger partial charge is 0.0987 e. The highest BCUT2D eigenvalue weighted by molar-refractivity contribution is 4.71. The van der Waals surface area contributed by atoms with E-state index in [1.54, 1.807) is 0 Å². The fourth-order valence-electron chi connectivity index (χ4n) is 0.986. The van der Waals surface area contributed by atoms with Crippen molar-refractivity contribution in [1.29, 1.82) is 0 Å². The predicted molar refractivity (Wildman–Crippen MR) is 34.8 cm³/mol. The third kappa shape index (κ3) is 2.30. The van der Waals surface area contributed by atoms with Gasteiger partial charge in [0.05, 0.1) is 6.61 Å². The molecule has 1 atom stereocenters. The lowest BCUT2D eigenvalue weighted by atomic mass is 10.3. The zero-order valence-corrected chi connectivity index (χ0v) is 5.52. The third-order valence-corrected chi connectivity index (χ3v) is 1.56. The first-order valence-corrected chi connectivity index (χ1v) is 3.45. The molecule has 1 rings (SSSR count). The van der Waals surface area contributed by atoms with Crippen LogP contribution in [0.1, 0.15) is 6.42 Å².